The number of carbonyl (C=O) groups is 1. The Bertz CT molecular complexity index is 794. The quantitative estimate of drug-likeness (QED) is 0.797. The lowest BCUT2D eigenvalue weighted by Gasteiger charge is -2.32. The minimum Gasteiger partial charge on any atom is -0.444 e. The van der Waals surface area contributed by atoms with E-state index in [1.54, 1.807) is 21.8 Å². The van der Waals surface area contributed by atoms with Crippen LogP contribution in [0.15, 0.2) is 12.1 Å². The van der Waals surface area contributed by atoms with Gasteiger partial charge in [0.05, 0.1) is 11.7 Å². The van der Waals surface area contributed by atoms with Crippen LogP contribution >= 0.6 is 11.6 Å². The average molecular weight is 380 g/mol. The van der Waals surface area contributed by atoms with Crippen LogP contribution in [-0.4, -0.2) is 54.9 Å². The third-order valence-corrected chi connectivity index (χ3v) is 4.19. The first kappa shape index (κ1) is 18.4. The Kier molecular flexibility index (Phi) is 4.99. The summed E-state index contributed by atoms with van der Waals surface area (Å²) < 4.78 is 5.41. The number of hydrogen-bond acceptors (Lipinski definition) is 7. The number of nitrogens with two attached hydrogens (primary N) is 1. The molecule has 1 fully saturated rings. The van der Waals surface area contributed by atoms with E-state index in [1.165, 1.54) is 0 Å². The number of likely N-dealkylation sites (tertiary alicyclic amines) is 1. The molecular formula is C16H22ClN7O2. The van der Waals surface area contributed by atoms with E-state index in [0.29, 0.717) is 48.3 Å². The molecule has 0 aromatic carbocycles. The molecule has 2 aromatic heterocycles. The number of amides is 1. The van der Waals surface area contributed by atoms with Crippen LogP contribution in [0.3, 0.4) is 0 Å². The normalized spacial score (nSPS) is 15.9. The molecule has 1 amide bonds. The Morgan fingerprint density at radius 3 is 2.65 bits per heavy atom. The maximum atomic E-state index is 12.1. The number of nitrogen functional groups attached to an aromatic ring is 1. The number of ether oxygens (including phenoxy) is 1. The first-order valence-electron chi connectivity index (χ1n) is 8.43. The second-order valence-electron chi connectivity index (χ2n) is 7.20. The van der Waals surface area contributed by atoms with Crippen LogP contribution in [0, 0.1) is 0 Å². The molecule has 1 aliphatic rings. The number of rotatable bonds is 2. The maximum Gasteiger partial charge on any atom is 0.410 e. The Morgan fingerprint density at radius 2 is 2.00 bits per heavy atom. The zero-order chi connectivity index (χ0) is 18.9. The molecule has 26 heavy (non-hydrogen) atoms. The van der Waals surface area contributed by atoms with Crippen molar-refractivity contribution in [2.45, 2.75) is 45.3 Å². The van der Waals surface area contributed by atoms with Crippen molar-refractivity contribution in [1.29, 1.82) is 0 Å². The van der Waals surface area contributed by atoms with Crippen LogP contribution in [0.2, 0.25) is 5.15 Å². The number of nitrogens with zero attached hydrogens (tertiary/aromatic N) is 6. The van der Waals surface area contributed by atoms with Gasteiger partial charge in [-0.05, 0) is 51.0 Å². The standard InChI is InChI=1S/C16H22ClN7O2/c1-16(2,3)26-15(25)23-8-6-10(7-9-23)24-21-14(20-22-24)13-11(18)4-5-12(17)19-13/h4-5,10H,6-9,18H2,1-3H3. The monoisotopic (exact) mass is 379 g/mol. The zero-order valence-corrected chi connectivity index (χ0v) is 15.8. The van der Waals surface area contributed by atoms with E-state index < -0.39 is 5.60 Å². The van der Waals surface area contributed by atoms with Gasteiger partial charge in [0.15, 0.2) is 0 Å². The summed E-state index contributed by atoms with van der Waals surface area (Å²) in [6.45, 7) is 6.72. The fourth-order valence-corrected chi connectivity index (χ4v) is 2.85. The van der Waals surface area contributed by atoms with E-state index in [2.05, 4.69) is 20.4 Å². The number of carbonyl (C=O) groups excluding carboxylic acids is 1. The van der Waals surface area contributed by atoms with Crippen LogP contribution in [0.25, 0.3) is 11.5 Å². The van der Waals surface area contributed by atoms with Gasteiger partial charge in [0.1, 0.15) is 16.4 Å². The van der Waals surface area contributed by atoms with Gasteiger partial charge in [-0.15, -0.1) is 10.2 Å². The molecule has 3 rings (SSSR count). The van der Waals surface area contributed by atoms with E-state index >= 15 is 0 Å². The van der Waals surface area contributed by atoms with Crippen LogP contribution < -0.4 is 5.73 Å². The molecule has 2 N–H and O–H groups in total. The van der Waals surface area contributed by atoms with E-state index in [9.17, 15) is 4.79 Å². The van der Waals surface area contributed by atoms with Crippen LogP contribution in [0.1, 0.15) is 39.7 Å². The summed E-state index contributed by atoms with van der Waals surface area (Å²) in [7, 11) is 0. The van der Waals surface area contributed by atoms with Crippen LogP contribution in [0.5, 0.6) is 0 Å². The predicted octanol–water partition coefficient (Wildman–Crippen LogP) is 2.54. The largest absolute Gasteiger partial charge is 0.444 e. The van der Waals surface area contributed by atoms with Crippen molar-refractivity contribution < 1.29 is 9.53 Å². The average Bonchev–Trinajstić information content (AvgIpc) is 3.05. The molecule has 0 unspecified atom stereocenters. The summed E-state index contributed by atoms with van der Waals surface area (Å²) in [5.74, 6) is 0.333. The van der Waals surface area contributed by atoms with Crippen molar-refractivity contribution in [3.05, 3.63) is 17.3 Å². The van der Waals surface area contributed by atoms with Crippen LogP contribution in [0.4, 0.5) is 10.5 Å². The summed E-state index contributed by atoms with van der Waals surface area (Å²) in [4.78, 5) is 19.6. The number of halogens is 1. The Hall–Kier alpha value is -2.42. The predicted molar refractivity (Wildman–Crippen MR) is 96.5 cm³/mol. The third-order valence-electron chi connectivity index (χ3n) is 3.98. The molecule has 1 saturated heterocycles. The molecular weight excluding hydrogens is 358 g/mol. The second-order valence-corrected chi connectivity index (χ2v) is 7.59. The van der Waals surface area contributed by atoms with E-state index in [1.807, 2.05) is 20.8 Å². The lowest BCUT2D eigenvalue weighted by Crippen LogP contribution is -2.42. The summed E-state index contributed by atoms with van der Waals surface area (Å²) in [6.07, 6.45) is 1.14. The highest BCUT2D eigenvalue weighted by Gasteiger charge is 2.29. The smallest absolute Gasteiger partial charge is 0.410 e. The second kappa shape index (κ2) is 7.06. The van der Waals surface area contributed by atoms with Crippen molar-refractivity contribution in [2.75, 3.05) is 18.8 Å². The number of anilines is 1. The van der Waals surface area contributed by atoms with Crippen LogP contribution in [-0.2, 0) is 4.74 Å². The molecule has 0 radical (unpaired) electrons. The highest BCUT2D eigenvalue weighted by Crippen LogP contribution is 2.25. The fraction of sp³-hybridized carbons (Fsp3) is 0.562. The molecule has 10 heteroatoms. The van der Waals surface area contributed by atoms with Gasteiger partial charge in [-0.25, -0.2) is 9.78 Å². The number of piperidine rings is 1. The third kappa shape index (κ3) is 4.21. The highest BCUT2D eigenvalue weighted by atomic mass is 35.5. The molecule has 0 bridgehead atoms. The molecule has 3 heterocycles. The van der Waals surface area contributed by atoms with Crippen molar-refractivity contribution >= 4 is 23.4 Å². The van der Waals surface area contributed by atoms with E-state index in [-0.39, 0.29) is 12.1 Å². The van der Waals surface area contributed by atoms with E-state index in [0.717, 1.165) is 0 Å². The lowest BCUT2D eigenvalue weighted by molar-refractivity contribution is 0.0179. The molecule has 140 valence electrons. The number of tetrazole rings is 1. The summed E-state index contributed by atoms with van der Waals surface area (Å²) >= 11 is 5.91. The SMILES string of the molecule is CC(C)(C)OC(=O)N1CCC(n2nnc(-c3nc(Cl)ccc3N)n2)CC1. The van der Waals surface area contributed by atoms with Crippen molar-refractivity contribution in [2.24, 2.45) is 0 Å². The number of pyridine rings is 1. The van der Waals surface area contributed by atoms with Gasteiger partial charge in [0.2, 0.25) is 5.82 Å². The first-order valence-corrected chi connectivity index (χ1v) is 8.80. The molecule has 0 aliphatic carbocycles. The minimum absolute atomic E-state index is 0.0512. The fourth-order valence-electron chi connectivity index (χ4n) is 2.71. The number of hydrogen-bond donors (Lipinski definition) is 1. The zero-order valence-electron chi connectivity index (χ0n) is 15.0. The van der Waals surface area contributed by atoms with Crippen molar-refractivity contribution in [3.63, 3.8) is 0 Å². The van der Waals surface area contributed by atoms with Gasteiger partial charge in [0.25, 0.3) is 0 Å². The van der Waals surface area contributed by atoms with Gasteiger partial charge < -0.3 is 15.4 Å². The Balaban J connectivity index is 1.65. The molecule has 0 spiro atoms. The van der Waals surface area contributed by atoms with Crippen molar-refractivity contribution in [3.8, 4) is 11.5 Å². The minimum atomic E-state index is -0.500. The van der Waals surface area contributed by atoms with Gasteiger partial charge >= 0.3 is 6.09 Å². The Morgan fingerprint density at radius 1 is 1.31 bits per heavy atom. The van der Waals surface area contributed by atoms with Gasteiger partial charge in [0, 0.05) is 13.1 Å². The lowest BCUT2D eigenvalue weighted by atomic mass is 10.1. The maximum absolute atomic E-state index is 12.1. The highest BCUT2D eigenvalue weighted by molar-refractivity contribution is 6.29. The number of aromatic nitrogens is 5. The topological polar surface area (TPSA) is 112 Å². The summed E-state index contributed by atoms with van der Waals surface area (Å²) in [5.41, 5.74) is 6.27. The van der Waals surface area contributed by atoms with Gasteiger partial charge in [-0.3, -0.25) is 0 Å². The summed E-state index contributed by atoms with van der Waals surface area (Å²) in [5, 5.41) is 12.9. The molecule has 9 nitrogen and oxygen atoms in total. The van der Waals surface area contributed by atoms with Crippen molar-refractivity contribution in [1.82, 2.24) is 30.1 Å². The molecule has 0 saturated carbocycles. The van der Waals surface area contributed by atoms with E-state index in [4.69, 9.17) is 22.1 Å². The first-order chi connectivity index (χ1) is 12.2. The summed E-state index contributed by atoms with van der Waals surface area (Å²) in [6, 6.07) is 3.32. The molecule has 2 aromatic rings. The van der Waals surface area contributed by atoms with Gasteiger partial charge in [-0.2, -0.15) is 4.80 Å². The van der Waals surface area contributed by atoms with Gasteiger partial charge in [-0.1, -0.05) is 11.6 Å². The molecule has 0 atom stereocenters. The molecule has 1 aliphatic heterocycles. The Labute approximate surface area is 156 Å².